The number of hydrogen-bond acceptors (Lipinski definition) is 4. The Kier molecular flexibility index (Phi) is 3.96. The first-order chi connectivity index (χ1) is 7.74. The van der Waals surface area contributed by atoms with Crippen LogP contribution < -0.4 is 5.32 Å². The number of aliphatic hydroxyl groups is 1. The molecule has 2 N–H and O–H groups in total. The van der Waals surface area contributed by atoms with E-state index in [0.717, 1.165) is 24.6 Å². The number of hydrogen-bond donors (Lipinski definition) is 2. The third-order valence-electron chi connectivity index (χ3n) is 2.94. The Morgan fingerprint density at radius 2 is 2.50 bits per heavy atom. The summed E-state index contributed by atoms with van der Waals surface area (Å²) in [6.07, 6.45) is 6.50. The molecule has 2 heterocycles. The molecule has 4 nitrogen and oxygen atoms in total. The van der Waals surface area contributed by atoms with E-state index in [4.69, 9.17) is 4.42 Å². The number of aliphatic hydroxyl groups excluding tert-OH is 1. The Bertz CT molecular complexity index is 317. The van der Waals surface area contributed by atoms with Crippen LogP contribution >= 0.6 is 0 Å². The van der Waals surface area contributed by atoms with Crippen molar-refractivity contribution in [3.63, 3.8) is 0 Å². The molecule has 0 saturated carbocycles. The number of rotatable bonds is 4. The summed E-state index contributed by atoms with van der Waals surface area (Å²) in [6, 6.07) is 0.506. The lowest BCUT2D eigenvalue weighted by Gasteiger charge is -2.21. The lowest BCUT2D eigenvalue weighted by molar-refractivity contribution is 0.194. The second-order valence-electron chi connectivity index (χ2n) is 4.64. The van der Waals surface area contributed by atoms with Gasteiger partial charge in [-0.3, -0.25) is 0 Å². The molecule has 16 heavy (non-hydrogen) atoms. The molecule has 1 aromatic rings. The third kappa shape index (κ3) is 3.32. The van der Waals surface area contributed by atoms with E-state index in [-0.39, 0.29) is 6.10 Å². The molecule has 0 aromatic carbocycles. The van der Waals surface area contributed by atoms with E-state index in [1.165, 1.54) is 19.3 Å². The Hall–Kier alpha value is -0.870. The number of nitrogens with one attached hydrogen (secondary N) is 1. The van der Waals surface area contributed by atoms with Crippen molar-refractivity contribution < 1.29 is 9.52 Å². The first-order valence-corrected chi connectivity index (χ1v) is 6.09. The van der Waals surface area contributed by atoms with Crippen molar-refractivity contribution in [2.75, 3.05) is 6.54 Å². The standard InChI is InChI=1S/C12H20N2O2/c1-9(15)6-11-8-16-12(14-11)7-10-4-2-3-5-13-10/h8-10,13,15H,2-7H2,1H3. The minimum atomic E-state index is -0.356. The fourth-order valence-corrected chi connectivity index (χ4v) is 2.15. The van der Waals surface area contributed by atoms with Crippen molar-refractivity contribution in [1.82, 2.24) is 10.3 Å². The number of oxazole rings is 1. The first kappa shape index (κ1) is 11.6. The molecule has 1 saturated heterocycles. The molecule has 0 spiro atoms. The van der Waals surface area contributed by atoms with Crippen LogP contribution in [0, 0.1) is 0 Å². The van der Waals surface area contributed by atoms with Gasteiger partial charge in [-0.25, -0.2) is 4.98 Å². The lowest BCUT2D eigenvalue weighted by Crippen LogP contribution is -2.35. The van der Waals surface area contributed by atoms with Gasteiger partial charge in [-0.1, -0.05) is 6.42 Å². The Morgan fingerprint density at radius 1 is 1.62 bits per heavy atom. The predicted molar refractivity (Wildman–Crippen MR) is 61.2 cm³/mol. The van der Waals surface area contributed by atoms with Crippen LogP contribution in [0.15, 0.2) is 10.7 Å². The highest BCUT2D eigenvalue weighted by Gasteiger charge is 2.16. The smallest absolute Gasteiger partial charge is 0.195 e. The fraction of sp³-hybridized carbons (Fsp3) is 0.750. The van der Waals surface area contributed by atoms with E-state index in [2.05, 4.69) is 10.3 Å². The van der Waals surface area contributed by atoms with Crippen molar-refractivity contribution in [2.24, 2.45) is 0 Å². The van der Waals surface area contributed by atoms with Gasteiger partial charge in [0.2, 0.25) is 0 Å². The lowest BCUT2D eigenvalue weighted by atomic mass is 10.0. The molecule has 0 bridgehead atoms. The van der Waals surface area contributed by atoms with E-state index in [1.807, 2.05) is 0 Å². The molecule has 4 heteroatoms. The summed E-state index contributed by atoms with van der Waals surface area (Å²) in [5.74, 6) is 0.787. The van der Waals surface area contributed by atoms with E-state index < -0.39 is 0 Å². The topological polar surface area (TPSA) is 58.3 Å². The maximum atomic E-state index is 9.24. The molecule has 0 aliphatic carbocycles. The van der Waals surface area contributed by atoms with Crippen LogP contribution in [-0.4, -0.2) is 28.8 Å². The summed E-state index contributed by atoms with van der Waals surface area (Å²) in [4.78, 5) is 4.38. The zero-order chi connectivity index (χ0) is 11.4. The minimum absolute atomic E-state index is 0.356. The van der Waals surface area contributed by atoms with Crippen LogP contribution in [-0.2, 0) is 12.8 Å². The molecule has 1 aliphatic rings. The summed E-state index contributed by atoms with van der Waals surface area (Å²) in [7, 11) is 0. The molecular formula is C12H20N2O2. The average molecular weight is 224 g/mol. The number of aromatic nitrogens is 1. The molecule has 2 unspecified atom stereocenters. The van der Waals surface area contributed by atoms with Crippen LogP contribution in [0.25, 0.3) is 0 Å². The van der Waals surface area contributed by atoms with Gasteiger partial charge in [0.05, 0.1) is 11.8 Å². The molecule has 2 atom stereocenters. The van der Waals surface area contributed by atoms with Crippen molar-refractivity contribution >= 4 is 0 Å². The fourth-order valence-electron chi connectivity index (χ4n) is 2.15. The highest BCUT2D eigenvalue weighted by Crippen LogP contribution is 2.13. The predicted octanol–water partition coefficient (Wildman–Crippen LogP) is 1.28. The molecule has 0 radical (unpaired) electrons. The van der Waals surface area contributed by atoms with E-state index in [0.29, 0.717) is 12.5 Å². The first-order valence-electron chi connectivity index (χ1n) is 6.09. The van der Waals surface area contributed by atoms with Gasteiger partial charge >= 0.3 is 0 Å². The highest BCUT2D eigenvalue weighted by molar-refractivity contribution is 4.99. The normalized spacial score (nSPS) is 23.2. The van der Waals surface area contributed by atoms with Crippen LogP contribution in [0.2, 0.25) is 0 Å². The summed E-state index contributed by atoms with van der Waals surface area (Å²) in [5, 5.41) is 12.7. The Balaban J connectivity index is 1.86. The van der Waals surface area contributed by atoms with Gasteiger partial charge in [-0.15, -0.1) is 0 Å². The Labute approximate surface area is 96.1 Å². The second-order valence-corrected chi connectivity index (χ2v) is 4.64. The van der Waals surface area contributed by atoms with Crippen LogP contribution in [0.1, 0.15) is 37.8 Å². The number of nitrogens with zero attached hydrogens (tertiary/aromatic N) is 1. The summed E-state index contributed by atoms with van der Waals surface area (Å²) in [6.45, 7) is 2.86. The Morgan fingerprint density at radius 3 is 3.19 bits per heavy atom. The SMILES string of the molecule is CC(O)Cc1coc(CC2CCCCN2)n1. The van der Waals surface area contributed by atoms with Crippen LogP contribution in [0.4, 0.5) is 0 Å². The highest BCUT2D eigenvalue weighted by atomic mass is 16.3. The van der Waals surface area contributed by atoms with Crippen molar-refractivity contribution in [3.05, 3.63) is 17.8 Å². The quantitative estimate of drug-likeness (QED) is 0.809. The van der Waals surface area contributed by atoms with Gasteiger partial charge in [0.15, 0.2) is 5.89 Å². The second kappa shape index (κ2) is 5.46. The molecule has 1 aliphatic heterocycles. The number of piperidine rings is 1. The maximum absolute atomic E-state index is 9.24. The largest absolute Gasteiger partial charge is 0.449 e. The summed E-state index contributed by atoms with van der Waals surface area (Å²) >= 11 is 0. The van der Waals surface area contributed by atoms with Gasteiger partial charge in [0.1, 0.15) is 6.26 Å². The van der Waals surface area contributed by atoms with Gasteiger partial charge in [-0.2, -0.15) is 0 Å². The maximum Gasteiger partial charge on any atom is 0.195 e. The van der Waals surface area contributed by atoms with Gasteiger partial charge in [0.25, 0.3) is 0 Å². The molecule has 0 amide bonds. The van der Waals surface area contributed by atoms with E-state index in [9.17, 15) is 5.11 Å². The third-order valence-corrected chi connectivity index (χ3v) is 2.94. The molecule has 2 rings (SSSR count). The zero-order valence-electron chi connectivity index (χ0n) is 9.78. The minimum Gasteiger partial charge on any atom is -0.449 e. The average Bonchev–Trinajstić information content (AvgIpc) is 2.66. The summed E-state index contributed by atoms with van der Waals surface area (Å²) < 4.78 is 5.41. The van der Waals surface area contributed by atoms with E-state index in [1.54, 1.807) is 13.2 Å². The van der Waals surface area contributed by atoms with Crippen LogP contribution in [0.5, 0.6) is 0 Å². The monoisotopic (exact) mass is 224 g/mol. The van der Waals surface area contributed by atoms with Gasteiger partial charge < -0.3 is 14.8 Å². The van der Waals surface area contributed by atoms with Crippen molar-refractivity contribution in [3.8, 4) is 0 Å². The van der Waals surface area contributed by atoms with Gasteiger partial charge in [0, 0.05) is 18.9 Å². The molecular weight excluding hydrogens is 204 g/mol. The van der Waals surface area contributed by atoms with Crippen molar-refractivity contribution in [1.29, 1.82) is 0 Å². The molecule has 1 aromatic heterocycles. The van der Waals surface area contributed by atoms with Crippen molar-refractivity contribution in [2.45, 2.75) is 51.2 Å². The molecule has 1 fully saturated rings. The summed E-state index contributed by atoms with van der Waals surface area (Å²) in [5.41, 5.74) is 0.848. The zero-order valence-corrected chi connectivity index (χ0v) is 9.78. The van der Waals surface area contributed by atoms with E-state index >= 15 is 0 Å². The van der Waals surface area contributed by atoms with Crippen LogP contribution in [0.3, 0.4) is 0 Å². The molecule has 90 valence electrons. The van der Waals surface area contributed by atoms with Gasteiger partial charge in [-0.05, 0) is 26.3 Å².